The second kappa shape index (κ2) is 9.64. The van der Waals surface area contributed by atoms with Gasteiger partial charge >= 0.3 is 5.97 Å². The van der Waals surface area contributed by atoms with E-state index in [-0.39, 0.29) is 29.0 Å². The number of hydrogen-bond acceptors (Lipinski definition) is 3. The van der Waals surface area contributed by atoms with E-state index in [4.69, 9.17) is 0 Å². The van der Waals surface area contributed by atoms with Gasteiger partial charge in [-0.3, -0.25) is 4.79 Å². The molecule has 0 radical (unpaired) electrons. The molecule has 0 unspecified atom stereocenters. The predicted molar refractivity (Wildman–Crippen MR) is 131 cm³/mol. The van der Waals surface area contributed by atoms with Crippen LogP contribution >= 0.6 is 0 Å². The van der Waals surface area contributed by atoms with Crippen molar-refractivity contribution in [3.8, 4) is 16.8 Å². The van der Waals surface area contributed by atoms with Crippen molar-refractivity contribution in [2.45, 2.75) is 63.8 Å². The van der Waals surface area contributed by atoms with Crippen LogP contribution in [-0.2, 0) is 0 Å². The number of aromatic nitrogens is 2. The highest BCUT2D eigenvalue weighted by atomic mass is 19.1. The van der Waals surface area contributed by atoms with Crippen molar-refractivity contribution in [1.82, 2.24) is 14.7 Å². The fourth-order valence-corrected chi connectivity index (χ4v) is 5.26. The summed E-state index contributed by atoms with van der Waals surface area (Å²) in [6.45, 7) is 2.77. The maximum absolute atomic E-state index is 15.8. The topological polar surface area (TPSA) is 75.4 Å². The Morgan fingerprint density at radius 2 is 1.89 bits per heavy atom. The molecule has 1 aliphatic carbocycles. The standard InChI is InChI=1S/C28H30FN3O3/c1-2-7-20-9-3-4-15-31(20)27(33)23-12-6-11-22(25(23)29)19-8-5-10-21(16-19)32-26(18-13-14-18)24(17-30-32)28(34)35/h5-6,8,10-12,16-18,20H,2-4,7,9,13-15H2,1H3,(H,34,35)/t20-/m1/s1. The normalized spacial score (nSPS) is 18.0. The molecule has 1 aliphatic heterocycles. The Morgan fingerprint density at radius 3 is 2.63 bits per heavy atom. The van der Waals surface area contributed by atoms with E-state index in [0.717, 1.165) is 44.9 Å². The molecule has 1 saturated carbocycles. The summed E-state index contributed by atoms with van der Waals surface area (Å²) in [6.07, 6.45) is 8.18. The minimum Gasteiger partial charge on any atom is -0.478 e. The Kier molecular flexibility index (Phi) is 6.41. The summed E-state index contributed by atoms with van der Waals surface area (Å²) in [6, 6.07) is 12.4. The van der Waals surface area contributed by atoms with Gasteiger partial charge < -0.3 is 10.0 Å². The average molecular weight is 476 g/mol. The molecule has 1 N–H and O–H groups in total. The second-order valence-electron chi connectivity index (χ2n) is 9.59. The van der Waals surface area contributed by atoms with Crippen LogP contribution in [-0.4, -0.2) is 44.3 Å². The van der Waals surface area contributed by atoms with Gasteiger partial charge in [-0.15, -0.1) is 0 Å². The molecular weight excluding hydrogens is 445 g/mol. The minimum absolute atomic E-state index is 0.0989. The van der Waals surface area contributed by atoms with Crippen LogP contribution in [0.15, 0.2) is 48.7 Å². The van der Waals surface area contributed by atoms with Gasteiger partial charge in [0.2, 0.25) is 0 Å². The molecule has 2 aliphatic rings. The van der Waals surface area contributed by atoms with E-state index in [1.807, 2.05) is 11.0 Å². The molecule has 0 spiro atoms. The number of halogens is 1. The van der Waals surface area contributed by atoms with E-state index in [1.54, 1.807) is 41.1 Å². The number of carboxylic acids is 1. The van der Waals surface area contributed by atoms with Crippen LogP contribution in [0.5, 0.6) is 0 Å². The van der Waals surface area contributed by atoms with Crippen molar-refractivity contribution >= 4 is 11.9 Å². The van der Waals surface area contributed by atoms with E-state index in [0.29, 0.717) is 29.1 Å². The highest BCUT2D eigenvalue weighted by Gasteiger charge is 2.33. The maximum Gasteiger partial charge on any atom is 0.339 e. The maximum atomic E-state index is 15.8. The molecule has 182 valence electrons. The summed E-state index contributed by atoms with van der Waals surface area (Å²) in [5.41, 5.74) is 2.63. The van der Waals surface area contributed by atoms with Crippen molar-refractivity contribution in [1.29, 1.82) is 0 Å². The number of carbonyl (C=O) groups excluding carboxylic acids is 1. The van der Waals surface area contributed by atoms with Crippen LogP contribution in [0.3, 0.4) is 0 Å². The number of nitrogens with zero attached hydrogens (tertiary/aromatic N) is 3. The molecule has 1 amide bonds. The first kappa shape index (κ1) is 23.3. The van der Waals surface area contributed by atoms with Gasteiger partial charge in [0, 0.05) is 24.1 Å². The van der Waals surface area contributed by atoms with Gasteiger partial charge in [-0.2, -0.15) is 5.10 Å². The number of likely N-dealkylation sites (tertiary alicyclic amines) is 1. The lowest BCUT2D eigenvalue weighted by molar-refractivity contribution is 0.0595. The molecule has 3 aromatic rings. The Hall–Kier alpha value is -3.48. The quantitative estimate of drug-likeness (QED) is 0.451. The molecule has 1 saturated heterocycles. The predicted octanol–water partition coefficient (Wildman–Crippen LogP) is 6.05. The van der Waals surface area contributed by atoms with Crippen LogP contribution in [0.2, 0.25) is 0 Å². The number of rotatable bonds is 7. The highest BCUT2D eigenvalue weighted by Crippen LogP contribution is 2.42. The van der Waals surface area contributed by atoms with E-state index in [2.05, 4.69) is 12.0 Å². The zero-order valence-electron chi connectivity index (χ0n) is 19.9. The van der Waals surface area contributed by atoms with Gasteiger partial charge in [0.15, 0.2) is 0 Å². The third-order valence-electron chi connectivity index (χ3n) is 7.14. The lowest BCUT2D eigenvalue weighted by atomic mass is 9.96. The number of amides is 1. The number of piperidine rings is 1. The first-order valence-corrected chi connectivity index (χ1v) is 12.5. The van der Waals surface area contributed by atoms with Crippen molar-refractivity contribution < 1.29 is 19.1 Å². The van der Waals surface area contributed by atoms with Crippen LogP contribution in [0.25, 0.3) is 16.8 Å². The number of carboxylic acid groups (broad SMARTS) is 1. The van der Waals surface area contributed by atoms with Gasteiger partial charge in [-0.1, -0.05) is 37.6 Å². The zero-order chi connectivity index (χ0) is 24.5. The lowest BCUT2D eigenvalue weighted by Crippen LogP contribution is -2.44. The fraction of sp³-hybridized carbons (Fsp3) is 0.393. The van der Waals surface area contributed by atoms with Crippen LogP contribution < -0.4 is 0 Å². The first-order chi connectivity index (χ1) is 17.0. The van der Waals surface area contributed by atoms with Crippen molar-refractivity contribution in [2.75, 3.05) is 6.54 Å². The monoisotopic (exact) mass is 475 g/mol. The van der Waals surface area contributed by atoms with Crippen LogP contribution in [0.1, 0.15) is 84.2 Å². The Morgan fingerprint density at radius 1 is 1.09 bits per heavy atom. The number of aromatic carboxylic acids is 1. The fourth-order valence-electron chi connectivity index (χ4n) is 5.26. The molecule has 2 heterocycles. The van der Waals surface area contributed by atoms with Gasteiger partial charge in [-0.05, 0) is 62.3 Å². The molecular formula is C28H30FN3O3. The molecule has 35 heavy (non-hydrogen) atoms. The number of benzene rings is 2. The molecule has 0 bridgehead atoms. The highest BCUT2D eigenvalue weighted by molar-refractivity contribution is 5.96. The molecule has 2 aromatic carbocycles. The van der Waals surface area contributed by atoms with Crippen molar-refractivity contribution in [2.24, 2.45) is 0 Å². The van der Waals surface area contributed by atoms with Gasteiger partial charge in [0.25, 0.3) is 5.91 Å². The smallest absolute Gasteiger partial charge is 0.339 e. The zero-order valence-corrected chi connectivity index (χ0v) is 19.9. The summed E-state index contributed by atoms with van der Waals surface area (Å²) in [5.74, 6) is -1.59. The van der Waals surface area contributed by atoms with Crippen molar-refractivity contribution in [3.05, 3.63) is 71.3 Å². The Balaban J connectivity index is 1.50. The van der Waals surface area contributed by atoms with E-state index >= 15 is 4.39 Å². The second-order valence-corrected chi connectivity index (χ2v) is 9.59. The summed E-state index contributed by atoms with van der Waals surface area (Å²) in [5, 5.41) is 13.9. The molecule has 1 atom stereocenters. The summed E-state index contributed by atoms with van der Waals surface area (Å²) < 4.78 is 17.4. The lowest BCUT2D eigenvalue weighted by Gasteiger charge is -2.36. The third-order valence-corrected chi connectivity index (χ3v) is 7.14. The largest absolute Gasteiger partial charge is 0.478 e. The molecule has 6 nitrogen and oxygen atoms in total. The van der Waals surface area contributed by atoms with Gasteiger partial charge in [0.1, 0.15) is 11.4 Å². The summed E-state index contributed by atoms with van der Waals surface area (Å²) >= 11 is 0. The van der Waals surface area contributed by atoms with Crippen molar-refractivity contribution in [3.63, 3.8) is 0 Å². The molecule has 7 heteroatoms. The van der Waals surface area contributed by atoms with Crippen LogP contribution in [0, 0.1) is 5.82 Å². The van der Waals surface area contributed by atoms with Gasteiger partial charge in [-0.25, -0.2) is 13.9 Å². The molecule has 5 rings (SSSR count). The molecule has 2 fully saturated rings. The average Bonchev–Trinajstić information content (AvgIpc) is 3.61. The minimum atomic E-state index is -0.995. The Labute approximate surface area is 204 Å². The number of hydrogen-bond donors (Lipinski definition) is 1. The Bertz CT molecular complexity index is 1260. The van der Waals surface area contributed by atoms with E-state index in [9.17, 15) is 14.7 Å². The summed E-state index contributed by atoms with van der Waals surface area (Å²) in [4.78, 5) is 26.9. The van der Waals surface area contributed by atoms with E-state index < -0.39 is 11.8 Å². The van der Waals surface area contributed by atoms with Gasteiger partial charge in [0.05, 0.1) is 23.1 Å². The van der Waals surface area contributed by atoms with E-state index in [1.165, 1.54) is 6.20 Å². The first-order valence-electron chi connectivity index (χ1n) is 12.5. The van der Waals surface area contributed by atoms with Crippen LogP contribution in [0.4, 0.5) is 4.39 Å². The SMILES string of the molecule is CCC[C@@H]1CCCCN1C(=O)c1cccc(-c2cccc(-n3ncc(C(=O)O)c3C3CC3)c2)c1F. The summed E-state index contributed by atoms with van der Waals surface area (Å²) in [7, 11) is 0. The molecule has 1 aromatic heterocycles. The number of carbonyl (C=O) groups is 2. The third kappa shape index (κ3) is 4.47.